The number of halogens is 1. The van der Waals surface area contributed by atoms with Gasteiger partial charge in [-0.15, -0.1) is 24.0 Å². The van der Waals surface area contributed by atoms with E-state index in [1.807, 2.05) is 7.05 Å². The van der Waals surface area contributed by atoms with E-state index in [9.17, 15) is 0 Å². The van der Waals surface area contributed by atoms with Gasteiger partial charge in [-0.3, -0.25) is 4.99 Å². The standard InChI is InChI=1S/C14H27N3S.HI/c1-4-6-7-10-16-14(15-3)17-12-8-9-13(11-12)18-5-2;/h4,6,12-13H,5,7-11H2,1-3H3,(H2,15,16,17);1H. The molecule has 2 N–H and O–H groups in total. The monoisotopic (exact) mass is 397 g/mol. The lowest BCUT2D eigenvalue weighted by molar-refractivity contribution is 0.615. The van der Waals surface area contributed by atoms with Crippen LogP contribution in [0.15, 0.2) is 17.1 Å². The first kappa shape index (κ1) is 19.1. The molecular formula is C14H28IN3S. The number of guanidine groups is 1. The van der Waals surface area contributed by atoms with Gasteiger partial charge in [0.15, 0.2) is 5.96 Å². The zero-order chi connectivity index (χ0) is 13.2. The summed E-state index contributed by atoms with van der Waals surface area (Å²) < 4.78 is 0. The van der Waals surface area contributed by atoms with Crippen molar-refractivity contribution >= 4 is 41.7 Å². The molecule has 0 radical (unpaired) electrons. The van der Waals surface area contributed by atoms with Crippen molar-refractivity contribution in [3.63, 3.8) is 0 Å². The molecule has 0 amide bonds. The lowest BCUT2D eigenvalue weighted by atomic mass is 10.2. The molecule has 19 heavy (non-hydrogen) atoms. The van der Waals surface area contributed by atoms with E-state index in [-0.39, 0.29) is 24.0 Å². The van der Waals surface area contributed by atoms with E-state index in [1.54, 1.807) is 0 Å². The van der Waals surface area contributed by atoms with E-state index in [0.29, 0.717) is 6.04 Å². The van der Waals surface area contributed by atoms with Crippen molar-refractivity contribution in [1.82, 2.24) is 10.6 Å². The third-order valence-corrected chi connectivity index (χ3v) is 4.42. The number of rotatable bonds is 6. The molecule has 1 rings (SSSR count). The van der Waals surface area contributed by atoms with Crippen LogP contribution in [0, 0.1) is 0 Å². The predicted molar refractivity (Wildman–Crippen MR) is 98.9 cm³/mol. The minimum Gasteiger partial charge on any atom is -0.356 e. The van der Waals surface area contributed by atoms with Gasteiger partial charge in [-0.1, -0.05) is 19.1 Å². The highest BCUT2D eigenvalue weighted by Crippen LogP contribution is 2.29. The van der Waals surface area contributed by atoms with E-state index >= 15 is 0 Å². The number of nitrogens with one attached hydrogen (secondary N) is 2. The number of allylic oxidation sites excluding steroid dienone is 1. The fraction of sp³-hybridized carbons (Fsp3) is 0.786. The van der Waals surface area contributed by atoms with E-state index in [0.717, 1.165) is 24.2 Å². The molecule has 3 nitrogen and oxygen atoms in total. The highest BCUT2D eigenvalue weighted by atomic mass is 127. The molecular weight excluding hydrogens is 369 g/mol. The lowest BCUT2D eigenvalue weighted by Crippen LogP contribution is -2.42. The summed E-state index contributed by atoms with van der Waals surface area (Å²) in [5.74, 6) is 2.18. The summed E-state index contributed by atoms with van der Waals surface area (Å²) in [7, 11) is 1.85. The number of nitrogens with zero attached hydrogens (tertiary/aromatic N) is 1. The van der Waals surface area contributed by atoms with Gasteiger partial charge in [0.1, 0.15) is 0 Å². The van der Waals surface area contributed by atoms with Gasteiger partial charge in [0.05, 0.1) is 0 Å². The Labute approximate surface area is 139 Å². The van der Waals surface area contributed by atoms with Gasteiger partial charge < -0.3 is 10.6 Å². The average Bonchev–Trinajstić information content (AvgIpc) is 2.81. The third kappa shape index (κ3) is 8.07. The van der Waals surface area contributed by atoms with Gasteiger partial charge in [-0.2, -0.15) is 11.8 Å². The lowest BCUT2D eigenvalue weighted by Gasteiger charge is -2.17. The predicted octanol–water partition coefficient (Wildman–Crippen LogP) is 3.41. The smallest absolute Gasteiger partial charge is 0.191 e. The maximum absolute atomic E-state index is 4.28. The van der Waals surface area contributed by atoms with E-state index < -0.39 is 0 Å². The summed E-state index contributed by atoms with van der Waals surface area (Å²) in [6, 6.07) is 0.599. The molecule has 1 saturated carbocycles. The van der Waals surface area contributed by atoms with Crippen molar-refractivity contribution < 1.29 is 0 Å². The molecule has 1 aliphatic rings. The number of thioether (sulfide) groups is 1. The molecule has 1 fully saturated rings. The van der Waals surface area contributed by atoms with Crippen molar-refractivity contribution in [2.45, 2.75) is 50.8 Å². The minimum atomic E-state index is 0. The molecule has 0 aromatic carbocycles. The first-order valence-electron chi connectivity index (χ1n) is 7.00. The molecule has 1 aliphatic carbocycles. The Balaban J connectivity index is 0.00000324. The first-order valence-corrected chi connectivity index (χ1v) is 8.05. The molecule has 0 aliphatic heterocycles. The minimum absolute atomic E-state index is 0. The first-order chi connectivity index (χ1) is 8.80. The Hall–Kier alpha value is 0.0900. The Morgan fingerprint density at radius 3 is 2.84 bits per heavy atom. The molecule has 112 valence electrons. The van der Waals surface area contributed by atoms with Gasteiger partial charge in [0, 0.05) is 24.9 Å². The second-order valence-electron chi connectivity index (χ2n) is 4.59. The van der Waals surface area contributed by atoms with Crippen LogP contribution in [-0.4, -0.2) is 36.6 Å². The SMILES string of the molecule is CC=CCCNC(=NC)NC1CCC(SCC)C1.I. The van der Waals surface area contributed by atoms with Crippen molar-refractivity contribution in [2.75, 3.05) is 19.3 Å². The zero-order valence-electron chi connectivity index (χ0n) is 12.3. The molecule has 0 heterocycles. The largest absolute Gasteiger partial charge is 0.356 e. The number of hydrogen-bond donors (Lipinski definition) is 2. The van der Waals surface area contributed by atoms with Gasteiger partial charge in [0.25, 0.3) is 0 Å². The molecule has 2 atom stereocenters. The summed E-state index contributed by atoms with van der Waals surface area (Å²) in [6.07, 6.45) is 9.19. The second kappa shape index (κ2) is 11.9. The number of hydrogen-bond acceptors (Lipinski definition) is 2. The van der Waals surface area contributed by atoms with Gasteiger partial charge >= 0.3 is 0 Å². The van der Waals surface area contributed by atoms with Crippen LogP contribution in [0.3, 0.4) is 0 Å². The molecule has 0 spiro atoms. The van der Waals surface area contributed by atoms with Crippen LogP contribution in [0.2, 0.25) is 0 Å². The zero-order valence-corrected chi connectivity index (χ0v) is 15.5. The van der Waals surface area contributed by atoms with E-state index in [4.69, 9.17) is 0 Å². The molecule has 0 bridgehead atoms. The maximum atomic E-state index is 4.28. The van der Waals surface area contributed by atoms with E-state index in [2.05, 4.69) is 53.4 Å². The summed E-state index contributed by atoms with van der Waals surface area (Å²) in [5.41, 5.74) is 0. The van der Waals surface area contributed by atoms with Crippen LogP contribution >= 0.6 is 35.7 Å². The van der Waals surface area contributed by atoms with Crippen LogP contribution in [0.25, 0.3) is 0 Å². The normalized spacial score (nSPS) is 23.4. The summed E-state index contributed by atoms with van der Waals surface area (Å²) in [5, 5.41) is 7.73. The van der Waals surface area contributed by atoms with Gasteiger partial charge in [-0.25, -0.2) is 0 Å². The van der Waals surface area contributed by atoms with Crippen LogP contribution in [0.1, 0.15) is 39.5 Å². The van der Waals surface area contributed by atoms with Gasteiger partial charge in [-0.05, 0) is 38.4 Å². The van der Waals surface area contributed by atoms with Crippen LogP contribution in [0.4, 0.5) is 0 Å². The summed E-state index contributed by atoms with van der Waals surface area (Å²) in [6.45, 7) is 5.24. The average molecular weight is 397 g/mol. The highest BCUT2D eigenvalue weighted by molar-refractivity contribution is 14.0. The number of aliphatic imine (C=N–C) groups is 1. The molecule has 0 aromatic heterocycles. The highest BCUT2D eigenvalue weighted by Gasteiger charge is 2.24. The van der Waals surface area contributed by atoms with E-state index in [1.165, 1.54) is 25.0 Å². The Morgan fingerprint density at radius 2 is 2.21 bits per heavy atom. The Bertz CT molecular complexity index is 282. The Kier molecular flexibility index (Phi) is 11.9. The molecule has 5 heteroatoms. The fourth-order valence-electron chi connectivity index (χ4n) is 2.29. The summed E-state index contributed by atoms with van der Waals surface area (Å²) in [4.78, 5) is 4.28. The third-order valence-electron chi connectivity index (χ3n) is 3.19. The van der Waals surface area contributed by atoms with Gasteiger partial charge in [0.2, 0.25) is 0 Å². The second-order valence-corrected chi connectivity index (χ2v) is 6.17. The van der Waals surface area contributed by atoms with Crippen molar-refractivity contribution in [3.8, 4) is 0 Å². The quantitative estimate of drug-likeness (QED) is 0.237. The molecule has 2 unspecified atom stereocenters. The topological polar surface area (TPSA) is 36.4 Å². The van der Waals surface area contributed by atoms with Crippen molar-refractivity contribution in [2.24, 2.45) is 4.99 Å². The fourth-order valence-corrected chi connectivity index (χ4v) is 3.43. The molecule has 0 aromatic rings. The maximum Gasteiger partial charge on any atom is 0.191 e. The van der Waals surface area contributed by atoms with Crippen LogP contribution in [0.5, 0.6) is 0 Å². The van der Waals surface area contributed by atoms with Crippen LogP contribution < -0.4 is 10.6 Å². The summed E-state index contributed by atoms with van der Waals surface area (Å²) >= 11 is 2.09. The van der Waals surface area contributed by atoms with Crippen LogP contribution in [-0.2, 0) is 0 Å². The Morgan fingerprint density at radius 1 is 1.42 bits per heavy atom. The molecule has 0 saturated heterocycles. The van der Waals surface area contributed by atoms with Crippen molar-refractivity contribution in [1.29, 1.82) is 0 Å². The van der Waals surface area contributed by atoms with Crippen molar-refractivity contribution in [3.05, 3.63) is 12.2 Å².